The molecule has 1 aromatic rings. The van der Waals surface area contributed by atoms with Crippen LogP contribution in [-0.2, 0) is 4.79 Å². The van der Waals surface area contributed by atoms with Gasteiger partial charge in [-0.2, -0.15) is 5.26 Å². The summed E-state index contributed by atoms with van der Waals surface area (Å²) in [4.78, 5) is 25.0. The van der Waals surface area contributed by atoms with E-state index in [1.807, 2.05) is 11.0 Å². The fourth-order valence-electron chi connectivity index (χ4n) is 3.51. The van der Waals surface area contributed by atoms with Crippen LogP contribution in [0.2, 0.25) is 0 Å². The van der Waals surface area contributed by atoms with Gasteiger partial charge in [-0.05, 0) is 39.3 Å². The molecule has 0 bridgehead atoms. The van der Waals surface area contributed by atoms with Gasteiger partial charge in [-0.25, -0.2) is 9.97 Å². The van der Waals surface area contributed by atoms with Gasteiger partial charge in [0, 0.05) is 25.5 Å². The summed E-state index contributed by atoms with van der Waals surface area (Å²) in [5, 5.41) is 9.08. The molecular weight excluding hydrogens is 306 g/mol. The fraction of sp³-hybridized carbons (Fsp3) is 0.647. The number of carbonyl (C=O) groups is 1. The molecule has 2 fully saturated rings. The van der Waals surface area contributed by atoms with Crippen LogP contribution in [0.5, 0.6) is 5.88 Å². The summed E-state index contributed by atoms with van der Waals surface area (Å²) >= 11 is 0. The first kappa shape index (κ1) is 16.7. The molecule has 7 nitrogen and oxygen atoms in total. The monoisotopic (exact) mass is 329 g/mol. The average molecular weight is 329 g/mol. The van der Waals surface area contributed by atoms with E-state index >= 15 is 0 Å². The summed E-state index contributed by atoms with van der Waals surface area (Å²) in [6.45, 7) is 3.24. The Balaban J connectivity index is 1.62. The minimum absolute atomic E-state index is 0.0914. The molecule has 0 aliphatic carbocycles. The molecule has 128 valence electrons. The van der Waals surface area contributed by atoms with E-state index in [4.69, 9.17) is 10.00 Å². The highest BCUT2D eigenvalue weighted by Crippen LogP contribution is 2.22. The highest BCUT2D eigenvalue weighted by molar-refractivity contribution is 5.79. The summed E-state index contributed by atoms with van der Waals surface area (Å²) in [6, 6.07) is 1.99. The Morgan fingerprint density at radius 3 is 2.83 bits per heavy atom. The summed E-state index contributed by atoms with van der Waals surface area (Å²) in [7, 11) is 2.07. The van der Waals surface area contributed by atoms with Crippen molar-refractivity contribution in [1.29, 1.82) is 5.26 Å². The molecule has 3 heterocycles. The van der Waals surface area contributed by atoms with Crippen LogP contribution < -0.4 is 4.74 Å². The molecule has 2 saturated heterocycles. The van der Waals surface area contributed by atoms with Crippen LogP contribution in [-0.4, -0.2) is 65.0 Å². The van der Waals surface area contributed by atoms with Crippen LogP contribution in [0.1, 0.15) is 31.4 Å². The van der Waals surface area contributed by atoms with E-state index < -0.39 is 0 Å². The van der Waals surface area contributed by atoms with Crippen molar-refractivity contribution in [3.05, 3.63) is 18.1 Å². The molecular formula is C17H23N5O2. The number of likely N-dealkylation sites (tertiary alicyclic amines) is 2. The van der Waals surface area contributed by atoms with Crippen LogP contribution in [0.3, 0.4) is 0 Å². The van der Waals surface area contributed by atoms with Gasteiger partial charge in [0.05, 0.1) is 12.5 Å². The fourth-order valence-corrected chi connectivity index (χ4v) is 3.51. The van der Waals surface area contributed by atoms with Crippen molar-refractivity contribution in [3.63, 3.8) is 0 Å². The van der Waals surface area contributed by atoms with Gasteiger partial charge in [0.25, 0.3) is 5.88 Å². The third-order valence-electron chi connectivity index (χ3n) is 4.71. The number of carbonyl (C=O) groups excluding carboxylic acids is 1. The second-order valence-corrected chi connectivity index (χ2v) is 6.59. The molecule has 1 amide bonds. The maximum atomic E-state index is 12.8. The minimum Gasteiger partial charge on any atom is -0.470 e. The van der Waals surface area contributed by atoms with Crippen molar-refractivity contribution < 1.29 is 9.53 Å². The lowest BCUT2D eigenvalue weighted by atomic mass is 9.95. The minimum atomic E-state index is -0.132. The van der Waals surface area contributed by atoms with E-state index in [2.05, 4.69) is 21.9 Å². The Morgan fingerprint density at radius 1 is 1.25 bits per heavy atom. The van der Waals surface area contributed by atoms with Gasteiger partial charge in [0.2, 0.25) is 11.6 Å². The summed E-state index contributed by atoms with van der Waals surface area (Å²) < 4.78 is 5.87. The highest BCUT2D eigenvalue weighted by Gasteiger charge is 2.32. The number of piperidine rings is 2. The van der Waals surface area contributed by atoms with Gasteiger partial charge in [-0.3, -0.25) is 4.79 Å². The standard InChI is InChI=1S/C17H23N5O2/c1-21-8-2-4-13(11-21)17(23)22-9-3-5-14(12-22)24-16-15(10-18)19-6-7-20-16/h6-7,13-14H,2-5,8-9,11-12H2,1H3/t13-,14-/m0/s1. The third-order valence-corrected chi connectivity index (χ3v) is 4.71. The zero-order chi connectivity index (χ0) is 16.9. The highest BCUT2D eigenvalue weighted by atomic mass is 16.5. The van der Waals surface area contributed by atoms with Gasteiger partial charge < -0.3 is 14.5 Å². The molecule has 24 heavy (non-hydrogen) atoms. The average Bonchev–Trinajstić information content (AvgIpc) is 2.62. The maximum Gasteiger partial charge on any atom is 0.251 e. The van der Waals surface area contributed by atoms with Crippen molar-refractivity contribution in [1.82, 2.24) is 19.8 Å². The first-order chi connectivity index (χ1) is 11.7. The molecule has 2 aliphatic heterocycles. The van der Waals surface area contributed by atoms with Gasteiger partial charge in [-0.15, -0.1) is 0 Å². The molecule has 7 heteroatoms. The normalized spacial score (nSPS) is 25.1. The summed E-state index contributed by atoms with van der Waals surface area (Å²) in [6.07, 6.45) is 6.66. The molecule has 0 aromatic carbocycles. The number of hydrogen-bond donors (Lipinski definition) is 0. The quantitative estimate of drug-likeness (QED) is 0.825. The number of amides is 1. The molecule has 0 N–H and O–H groups in total. The number of hydrogen-bond acceptors (Lipinski definition) is 6. The van der Waals surface area contributed by atoms with Crippen LogP contribution in [0.25, 0.3) is 0 Å². The lowest BCUT2D eigenvalue weighted by Gasteiger charge is -2.37. The van der Waals surface area contributed by atoms with Crippen molar-refractivity contribution >= 4 is 5.91 Å². The Kier molecular flexibility index (Phi) is 5.26. The first-order valence-electron chi connectivity index (χ1n) is 8.52. The van der Waals surface area contributed by atoms with E-state index in [9.17, 15) is 4.79 Å². The number of aromatic nitrogens is 2. The molecule has 2 aliphatic rings. The van der Waals surface area contributed by atoms with E-state index in [-0.39, 0.29) is 29.5 Å². The van der Waals surface area contributed by atoms with Gasteiger partial charge >= 0.3 is 0 Å². The molecule has 0 saturated carbocycles. The van der Waals surface area contributed by atoms with Crippen molar-refractivity contribution in [2.24, 2.45) is 5.92 Å². The molecule has 0 spiro atoms. The smallest absolute Gasteiger partial charge is 0.251 e. The summed E-state index contributed by atoms with van der Waals surface area (Å²) in [5.41, 5.74) is 0.190. The zero-order valence-electron chi connectivity index (χ0n) is 14.0. The van der Waals surface area contributed by atoms with E-state index in [1.165, 1.54) is 12.4 Å². The second kappa shape index (κ2) is 7.58. The Morgan fingerprint density at radius 2 is 2.04 bits per heavy atom. The van der Waals surface area contributed by atoms with E-state index in [1.54, 1.807) is 0 Å². The van der Waals surface area contributed by atoms with E-state index in [0.29, 0.717) is 6.54 Å². The van der Waals surface area contributed by atoms with Crippen molar-refractivity contribution in [3.8, 4) is 11.9 Å². The number of rotatable bonds is 3. The number of nitriles is 1. The van der Waals surface area contributed by atoms with Crippen LogP contribution in [0.4, 0.5) is 0 Å². The van der Waals surface area contributed by atoms with Gasteiger partial charge in [-0.1, -0.05) is 0 Å². The SMILES string of the molecule is CN1CCC[C@H](C(=O)N2CCC[C@H](Oc3nccnc3C#N)C2)C1. The topological polar surface area (TPSA) is 82.3 Å². The molecule has 1 aromatic heterocycles. The molecule has 2 atom stereocenters. The Hall–Kier alpha value is -2.20. The molecule has 0 unspecified atom stereocenters. The largest absolute Gasteiger partial charge is 0.470 e. The summed E-state index contributed by atoms with van der Waals surface area (Å²) in [5.74, 6) is 0.583. The Labute approximate surface area is 142 Å². The number of ether oxygens (including phenoxy) is 1. The second-order valence-electron chi connectivity index (χ2n) is 6.59. The molecule has 3 rings (SSSR count). The van der Waals surface area contributed by atoms with Crippen LogP contribution in [0, 0.1) is 17.2 Å². The van der Waals surface area contributed by atoms with Gasteiger partial charge in [0.1, 0.15) is 12.2 Å². The van der Waals surface area contributed by atoms with Crippen molar-refractivity contribution in [2.45, 2.75) is 31.8 Å². The number of nitrogens with zero attached hydrogens (tertiary/aromatic N) is 5. The first-order valence-corrected chi connectivity index (χ1v) is 8.52. The Bertz CT molecular complexity index is 630. The van der Waals surface area contributed by atoms with Crippen molar-refractivity contribution in [2.75, 3.05) is 33.2 Å². The predicted molar refractivity (Wildman–Crippen MR) is 87.2 cm³/mol. The third kappa shape index (κ3) is 3.82. The molecule has 0 radical (unpaired) electrons. The maximum absolute atomic E-state index is 12.8. The predicted octanol–water partition coefficient (Wildman–Crippen LogP) is 1.06. The van der Waals surface area contributed by atoms with Gasteiger partial charge in [0.15, 0.2) is 0 Å². The lowest BCUT2D eigenvalue weighted by molar-refractivity contribution is -0.139. The van der Waals surface area contributed by atoms with E-state index in [0.717, 1.165) is 45.3 Å². The lowest BCUT2D eigenvalue weighted by Crippen LogP contribution is -2.49. The van der Waals surface area contributed by atoms with Crippen LogP contribution in [0.15, 0.2) is 12.4 Å². The zero-order valence-corrected chi connectivity index (χ0v) is 14.0. The van der Waals surface area contributed by atoms with Crippen LogP contribution >= 0.6 is 0 Å².